The molecule has 0 spiro atoms. The Kier molecular flexibility index (Phi) is 3.24. The van der Waals surface area contributed by atoms with Crippen molar-refractivity contribution in [2.75, 3.05) is 0 Å². The van der Waals surface area contributed by atoms with Gasteiger partial charge >= 0.3 is 0 Å². The molecule has 20 heavy (non-hydrogen) atoms. The number of hydrogen-bond acceptors (Lipinski definition) is 1. The van der Waals surface area contributed by atoms with Crippen LogP contribution < -0.4 is 5.73 Å². The molecule has 1 heterocycles. The van der Waals surface area contributed by atoms with E-state index >= 15 is 0 Å². The van der Waals surface area contributed by atoms with Gasteiger partial charge in [-0.25, -0.2) is 8.78 Å². The SMILES string of the molecule is NCc1ccc2ccn(Cc3ccc(F)c(F)c3)c2c1. The van der Waals surface area contributed by atoms with Crippen LogP contribution in [-0.2, 0) is 13.1 Å². The fourth-order valence-corrected chi connectivity index (χ4v) is 2.33. The largest absolute Gasteiger partial charge is 0.343 e. The molecule has 0 saturated heterocycles. The van der Waals surface area contributed by atoms with Gasteiger partial charge < -0.3 is 10.3 Å². The highest BCUT2D eigenvalue weighted by Crippen LogP contribution is 2.19. The van der Waals surface area contributed by atoms with Crippen LogP contribution in [-0.4, -0.2) is 4.57 Å². The normalized spacial score (nSPS) is 11.2. The Labute approximate surface area is 115 Å². The van der Waals surface area contributed by atoms with Crippen LogP contribution in [0.2, 0.25) is 0 Å². The summed E-state index contributed by atoms with van der Waals surface area (Å²) in [5.41, 5.74) is 8.45. The van der Waals surface area contributed by atoms with Crippen LogP contribution in [0.4, 0.5) is 8.78 Å². The summed E-state index contributed by atoms with van der Waals surface area (Å²) >= 11 is 0. The molecule has 1 aromatic heterocycles. The zero-order valence-corrected chi connectivity index (χ0v) is 10.8. The number of nitrogens with zero attached hydrogens (tertiary/aromatic N) is 1. The van der Waals surface area contributed by atoms with E-state index in [0.29, 0.717) is 13.1 Å². The van der Waals surface area contributed by atoms with Gasteiger partial charge in [-0.15, -0.1) is 0 Å². The molecular weight excluding hydrogens is 258 g/mol. The Balaban J connectivity index is 1.99. The third kappa shape index (κ3) is 2.30. The lowest BCUT2D eigenvalue weighted by Crippen LogP contribution is -2.01. The quantitative estimate of drug-likeness (QED) is 0.778. The zero-order chi connectivity index (χ0) is 14.1. The lowest BCUT2D eigenvalue weighted by molar-refractivity contribution is 0.506. The Morgan fingerprint density at radius 3 is 2.45 bits per heavy atom. The first-order valence-corrected chi connectivity index (χ1v) is 6.39. The molecule has 2 N–H and O–H groups in total. The van der Waals surface area contributed by atoms with E-state index in [2.05, 4.69) is 0 Å². The highest BCUT2D eigenvalue weighted by atomic mass is 19.2. The summed E-state index contributed by atoms with van der Waals surface area (Å²) in [4.78, 5) is 0. The molecule has 0 amide bonds. The molecule has 0 aliphatic carbocycles. The van der Waals surface area contributed by atoms with Crippen LogP contribution in [0, 0.1) is 11.6 Å². The number of hydrogen-bond donors (Lipinski definition) is 1. The number of aromatic nitrogens is 1. The Hall–Kier alpha value is -2.20. The van der Waals surface area contributed by atoms with E-state index in [9.17, 15) is 8.78 Å². The second-order valence-electron chi connectivity index (χ2n) is 4.79. The van der Waals surface area contributed by atoms with E-state index in [1.807, 2.05) is 35.0 Å². The van der Waals surface area contributed by atoms with Crippen molar-refractivity contribution in [3.05, 3.63) is 71.4 Å². The summed E-state index contributed by atoms with van der Waals surface area (Å²) in [5, 5.41) is 1.10. The van der Waals surface area contributed by atoms with Crippen LogP contribution >= 0.6 is 0 Å². The van der Waals surface area contributed by atoms with Crippen molar-refractivity contribution in [3.8, 4) is 0 Å². The molecule has 0 radical (unpaired) electrons. The Morgan fingerprint density at radius 1 is 0.900 bits per heavy atom. The maximum Gasteiger partial charge on any atom is 0.159 e. The van der Waals surface area contributed by atoms with Gasteiger partial charge in [0.15, 0.2) is 11.6 Å². The first-order valence-electron chi connectivity index (χ1n) is 6.39. The van der Waals surface area contributed by atoms with Gasteiger partial charge in [-0.1, -0.05) is 18.2 Å². The third-order valence-electron chi connectivity index (χ3n) is 3.41. The molecule has 102 valence electrons. The Bertz CT molecular complexity index is 762. The van der Waals surface area contributed by atoms with Crippen LogP contribution in [0.1, 0.15) is 11.1 Å². The maximum absolute atomic E-state index is 13.2. The lowest BCUT2D eigenvalue weighted by atomic mass is 10.1. The van der Waals surface area contributed by atoms with Crippen LogP contribution in [0.25, 0.3) is 10.9 Å². The van der Waals surface area contributed by atoms with E-state index in [1.54, 1.807) is 6.07 Å². The molecule has 0 aliphatic heterocycles. The minimum Gasteiger partial charge on any atom is -0.343 e. The fraction of sp³-hybridized carbons (Fsp3) is 0.125. The van der Waals surface area contributed by atoms with Gasteiger partial charge in [0.1, 0.15) is 0 Å². The smallest absolute Gasteiger partial charge is 0.159 e. The summed E-state index contributed by atoms with van der Waals surface area (Å²) < 4.78 is 28.2. The number of benzene rings is 2. The Morgan fingerprint density at radius 2 is 1.70 bits per heavy atom. The first-order chi connectivity index (χ1) is 9.67. The van der Waals surface area contributed by atoms with E-state index < -0.39 is 11.6 Å². The van der Waals surface area contributed by atoms with E-state index in [1.165, 1.54) is 6.07 Å². The maximum atomic E-state index is 13.2. The predicted octanol–water partition coefficient (Wildman–Crippen LogP) is 3.43. The van der Waals surface area contributed by atoms with Crippen LogP contribution in [0.15, 0.2) is 48.7 Å². The standard InChI is InChI=1S/C16H14F2N2/c17-14-4-2-12(7-15(14)18)10-20-6-5-13-3-1-11(9-19)8-16(13)20/h1-8H,9-10,19H2. The summed E-state index contributed by atoms with van der Waals surface area (Å²) in [6, 6.07) is 12.0. The van der Waals surface area contributed by atoms with Gasteiger partial charge in [0.25, 0.3) is 0 Å². The molecule has 0 bridgehead atoms. The zero-order valence-electron chi connectivity index (χ0n) is 10.8. The van der Waals surface area contributed by atoms with Crippen molar-refractivity contribution < 1.29 is 8.78 Å². The van der Waals surface area contributed by atoms with Crippen LogP contribution in [0.3, 0.4) is 0 Å². The van der Waals surface area contributed by atoms with E-state index in [4.69, 9.17) is 5.73 Å². The molecule has 0 fully saturated rings. The summed E-state index contributed by atoms with van der Waals surface area (Å²) in [6.07, 6.45) is 1.94. The summed E-state index contributed by atoms with van der Waals surface area (Å²) in [6.45, 7) is 0.973. The lowest BCUT2D eigenvalue weighted by Gasteiger charge is -2.07. The van der Waals surface area contributed by atoms with Crippen molar-refractivity contribution in [2.45, 2.75) is 13.1 Å². The molecule has 3 aromatic rings. The van der Waals surface area contributed by atoms with Gasteiger partial charge in [0.05, 0.1) is 0 Å². The second kappa shape index (κ2) is 5.06. The minimum atomic E-state index is -0.823. The van der Waals surface area contributed by atoms with E-state index in [-0.39, 0.29) is 0 Å². The molecule has 3 rings (SSSR count). The molecule has 2 nitrogen and oxygen atoms in total. The average molecular weight is 272 g/mol. The molecule has 0 saturated carbocycles. The monoisotopic (exact) mass is 272 g/mol. The van der Waals surface area contributed by atoms with Gasteiger partial charge in [0, 0.05) is 24.8 Å². The van der Waals surface area contributed by atoms with Gasteiger partial charge in [-0.2, -0.15) is 0 Å². The van der Waals surface area contributed by atoms with Crippen molar-refractivity contribution in [1.82, 2.24) is 4.57 Å². The second-order valence-corrected chi connectivity index (χ2v) is 4.79. The van der Waals surface area contributed by atoms with Crippen molar-refractivity contribution in [2.24, 2.45) is 5.73 Å². The fourth-order valence-electron chi connectivity index (χ4n) is 2.33. The number of fused-ring (bicyclic) bond motifs is 1. The average Bonchev–Trinajstić information content (AvgIpc) is 2.85. The third-order valence-corrected chi connectivity index (χ3v) is 3.41. The number of rotatable bonds is 3. The molecule has 0 aliphatic rings. The summed E-state index contributed by atoms with van der Waals surface area (Å²) in [7, 11) is 0. The van der Waals surface area contributed by atoms with Gasteiger partial charge in [0.2, 0.25) is 0 Å². The first kappa shape index (κ1) is 12.8. The molecule has 0 atom stereocenters. The molecule has 4 heteroatoms. The molecular formula is C16H14F2N2. The highest BCUT2D eigenvalue weighted by molar-refractivity contribution is 5.80. The topological polar surface area (TPSA) is 30.9 Å². The number of nitrogens with two attached hydrogens (primary N) is 1. The van der Waals surface area contributed by atoms with Crippen molar-refractivity contribution in [1.29, 1.82) is 0 Å². The minimum absolute atomic E-state index is 0.478. The van der Waals surface area contributed by atoms with Gasteiger partial charge in [-0.05, 0) is 40.8 Å². The molecule has 0 unspecified atom stereocenters. The van der Waals surface area contributed by atoms with Crippen molar-refractivity contribution in [3.63, 3.8) is 0 Å². The van der Waals surface area contributed by atoms with E-state index in [0.717, 1.165) is 28.1 Å². The van der Waals surface area contributed by atoms with Gasteiger partial charge in [-0.3, -0.25) is 0 Å². The van der Waals surface area contributed by atoms with Crippen LogP contribution in [0.5, 0.6) is 0 Å². The predicted molar refractivity (Wildman–Crippen MR) is 75.3 cm³/mol. The molecule has 2 aromatic carbocycles. The summed E-state index contributed by atoms with van der Waals surface area (Å²) in [5.74, 6) is -1.64. The van der Waals surface area contributed by atoms with Crippen molar-refractivity contribution >= 4 is 10.9 Å². The highest BCUT2D eigenvalue weighted by Gasteiger charge is 2.06. The number of halogens is 2.